The van der Waals surface area contributed by atoms with Gasteiger partial charge in [-0.25, -0.2) is 4.98 Å². The molecule has 0 amide bonds. The van der Waals surface area contributed by atoms with Gasteiger partial charge in [-0.3, -0.25) is 9.36 Å². The van der Waals surface area contributed by atoms with Gasteiger partial charge in [-0.15, -0.1) is 0 Å². The molecule has 4 rings (SSSR count). The summed E-state index contributed by atoms with van der Waals surface area (Å²) in [7, 11) is 1.60. The van der Waals surface area contributed by atoms with Crippen LogP contribution in [0.4, 0.5) is 0 Å². The highest BCUT2D eigenvalue weighted by molar-refractivity contribution is 14.1. The number of hydrogen-bond donors (Lipinski definition) is 0. The first-order valence-electron chi connectivity index (χ1n) is 9.17. The predicted molar refractivity (Wildman–Crippen MR) is 127 cm³/mol. The second-order valence-corrected chi connectivity index (χ2v) is 7.93. The lowest BCUT2D eigenvalue weighted by molar-refractivity contribution is 0.412. The number of halogens is 1. The molecule has 0 aliphatic heterocycles. The van der Waals surface area contributed by atoms with E-state index in [9.17, 15) is 4.79 Å². The number of ether oxygens (including phenoxy) is 1. The summed E-state index contributed by atoms with van der Waals surface area (Å²) in [5, 5.41) is 0.579. The lowest BCUT2D eigenvalue weighted by Gasteiger charge is -2.14. The van der Waals surface area contributed by atoms with E-state index in [2.05, 4.69) is 41.6 Å². The van der Waals surface area contributed by atoms with Gasteiger partial charge in [0.2, 0.25) is 0 Å². The summed E-state index contributed by atoms with van der Waals surface area (Å²) in [6, 6.07) is 21.4. The maximum Gasteiger partial charge on any atom is 0.266 e. The van der Waals surface area contributed by atoms with E-state index in [0.717, 1.165) is 9.13 Å². The SMILES string of the molecule is COc1ccccc1-n1c(/C=C/c2ccc(C)cc2)nc2ccc(I)cc2c1=O. The van der Waals surface area contributed by atoms with Gasteiger partial charge in [0.05, 0.1) is 23.7 Å². The molecule has 0 saturated carbocycles. The molecule has 0 saturated heterocycles. The van der Waals surface area contributed by atoms with Crippen LogP contribution in [0.1, 0.15) is 17.0 Å². The lowest BCUT2D eigenvalue weighted by atomic mass is 10.1. The third-order valence-electron chi connectivity index (χ3n) is 4.68. The van der Waals surface area contributed by atoms with Gasteiger partial charge < -0.3 is 4.74 Å². The van der Waals surface area contributed by atoms with Crippen LogP contribution in [-0.2, 0) is 0 Å². The summed E-state index contributed by atoms with van der Waals surface area (Å²) in [6.07, 6.45) is 3.83. The van der Waals surface area contributed by atoms with Crippen molar-refractivity contribution in [3.05, 3.63) is 97.6 Å². The summed E-state index contributed by atoms with van der Waals surface area (Å²) in [5.74, 6) is 1.17. The number of aromatic nitrogens is 2. The Kier molecular flexibility index (Phi) is 5.49. The van der Waals surface area contributed by atoms with Crippen LogP contribution >= 0.6 is 22.6 Å². The second kappa shape index (κ2) is 8.21. The molecule has 0 atom stereocenters. The predicted octanol–water partition coefficient (Wildman–Crippen LogP) is 5.48. The third kappa shape index (κ3) is 3.96. The van der Waals surface area contributed by atoms with Crippen molar-refractivity contribution in [1.29, 1.82) is 0 Å². The molecule has 0 fully saturated rings. The van der Waals surface area contributed by atoms with Crippen molar-refractivity contribution < 1.29 is 4.74 Å². The van der Waals surface area contributed by atoms with Crippen molar-refractivity contribution in [2.45, 2.75) is 6.92 Å². The number of nitrogens with zero attached hydrogens (tertiary/aromatic N) is 2. The van der Waals surface area contributed by atoms with Crippen LogP contribution in [0, 0.1) is 10.5 Å². The third-order valence-corrected chi connectivity index (χ3v) is 5.36. The van der Waals surface area contributed by atoms with E-state index in [-0.39, 0.29) is 5.56 Å². The number of rotatable bonds is 4. The fourth-order valence-corrected chi connectivity index (χ4v) is 3.67. The van der Waals surface area contributed by atoms with Crippen LogP contribution in [0.15, 0.2) is 71.5 Å². The highest BCUT2D eigenvalue weighted by Gasteiger charge is 2.14. The molecule has 144 valence electrons. The zero-order chi connectivity index (χ0) is 20.4. The number of para-hydroxylation sites is 2. The van der Waals surface area contributed by atoms with Crippen molar-refractivity contribution in [2.24, 2.45) is 0 Å². The molecule has 4 nitrogen and oxygen atoms in total. The minimum Gasteiger partial charge on any atom is -0.495 e. The van der Waals surface area contributed by atoms with E-state index in [1.54, 1.807) is 11.7 Å². The Bertz CT molecular complexity index is 1270. The lowest BCUT2D eigenvalue weighted by Crippen LogP contribution is -2.23. The van der Waals surface area contributed by atoms with Crippen molar-refractivity contribution in [2.75, 3.05) is 7.11 Å². The molecule has 0 spiro atoms. The quantitative estimate of drug-likeness (QED) is 0.353. The molecule has 5 heteroatoms. The molecule has 0 N–H and O–H groups in total. The molecule has 29 heavy (non-hydrogen) atoms. The first-order valence-corrected chi connectivity index (χ1v) is 10.2. The Morgan fingerprint density at radius 3 is 2.52 bits per heavy atom. The van der Waals surface area contributed by atoms with Gasteiger partial charge in [0, 0.05) is 3.57 Å². The van der Waals surface area contributed by atoms with E-state index in [4.69, 9.17) is 9.72 Å². The van der Waals surface area contributed by atoms with Gasteiger partial charge >= 0.3 is 0 Å². The Balaban J connectivity index is 1.98. The van der Waals surface area contributed by atoms with Crippen LogP contribution in [0.5, 0.6) is 5.75 Å². The van der Waals surface area contributed by atoms with Gasteiger partial charge in [-0.05, 0) is 71.5 Å². The van der Waals surface area contributed by atoms with Crippen molar-refractivity contribution in [3.63, 3.8) is 0 Å². The van der Waals surface area contributed by atoms with Gasteiger partial charge in [-0.2, -0.15) is 0 Å². The van der Waals surface area contributed by atoms with Gasteiger partial charge in [0.25, 0.3) is 5.56 Å². The molecular formula is C24H19IN2O2. The fraction of sp³-hybridized carbons (Fsp3) is 0.0833. The van der Waals surface area contributed by atoms with Crippen LogP contribution in [0.3, 0.4) is 0 Å². The minimum absolute atomic E-state index is 0.124. The Morgan fingerprint density at radius 2 is 1.76 bits per heavy atom. The molecule has 0 radical (unpaired) electrons. The fourth-order valence-electron chi connectivity index (χ4n) is 3.18. The largest absolute Gasteiger partial charge is 0.495 e. The van der Waals surface area contributed by atoms with Crippen molar-refractivity contribution in [3.8, 4) is 11.4 Å². The van der Waals surface area contributed by atoms with E-state index in [0.29, 0.717) is 28.2 Å². The summed E-state index contributed by atoms with van der Waals surface area (Å²) in [6.45, 7) is 2.05. The second-order valence-electron chi connectivity index (χ2n) is 6.69. The van der Waals surface area contributed by atoms with Gasteiger partial charge in [0.1, 0.15) is 11.6 Å². The average Bonchev–Trinajstić information content (AvgIpc) is 2.74. The molecule has 0 aliphatic rings. The molecule has 3 aromatic carbocycles. The van der Waals surface area contributed by atoms with Crippen LogP contribution < -0.4 is 10.3 Å². The molecule has 1 aromatic heterocycles. The summed E-state index contributed by atoms with van der Waals surface area (Å²) < 4.78 is 8.11. The molecule has 0 aliphatic carbocycles. The van der Waals surface area contributed by atoms with Crippen LogP contribution in [-0.4, -0.2) is 16.7 Å². The Morgan fingerprint density at radius 1 is 1.00 bits per heavy atom. The van der Waals surface area contributed by atoms with E-state index >= 15 is 0 Å². The topological polar surface area (TPSA) is 44.1 Å². The number of aryl methyl sites for hydroxylation is 1. The standard InChI is InChI=1S/C24H19IN2O2/c1-16-7-9-17(10-8-16)11-14-23-26-20-13-12-18(25)15-19(20)24(28)27(23)21-5-3-4-6-22(21)29-2/h3-15H,1-2H3/b14-11+. The molecular weight excluding hydrogens is 475 g/mol. The molecule has 4 aromatic rings. The van der Waals surface area contributed by atoms with Crippen LogP contribution in [0.25, 0.3) is 28.7 Å². The van der Waals surface area contributed by atoms with E-state index in [1.165, 1.54) is 5.56 Å². The zero-order valence-electron chi connectivity index (χ0n) is 16.1. The van der Waals surface area contributed by atoms with Gasteiger partial charge in [0.15, 0.2) is 0 Å². The maximum absolute atomic E-state index is 13.5. The highest BCUT2D eigenvalue weighted by atomic mass is 127. The smallest absolute Gasteiger partial charge is 0.266 e. The van der Waals surface area contributed by atoms with Crippen LogP contribution in [0.2, 0.25) is 0 Å². The normalized spacial score (nSPS) is 11.3. The highest BCUT2D eigenvalue weighted by Crippen LogP contribution is 2.24. The summed E-state index contributed by atoms with van der Waals surface area (Å²) in [4.78, 5) is 18.2. The molecule has 1 heterocycles. The first kappa shape index (κ1) is 19.4. The van der Waals surface area contributed by atoms with E-state index < -0.39 is 0 Å². The van der Waals surface area contributed by atoms with E-state index in [1.807, 2.05) is 66.7 Å². The number of methoxy groups -OCH3 is 1. The number of benzene rings is 3. The van der Waals surface area contributed by atoms with Gasteiger partial charge in [-0.1, -0.05) is 48.0 Å². The maximum atomic E-state index is 13.5. The number of fused-ring (bicyclic) bond motifs is 1. The molecule has 0 bridgehead atoms. The van der Waals surface area contributed by atoms with Crippen molar-refractivity contribution in [1.82, 2.24) is 9.55 Å². The molecule has 0 unspecified atom stereocenters. The minimum atomic E-state index is -0.124. The first-order chi connectivity index (χ1) is 14.1. The number of hydrogen-bond acceptors (Lipinski definition) is 3. The average molecular weight is 494 g/mol. The monoisotopic (exact) mass is 494 g/mol. The Hall–Kier alpha value is -2.93. The summed E-state index contributed by atoms with van der Waals surface area (Å²) >= 11 is 2.21. The van der Waals surface area contributed by atoms with Crippen molar-refractivity contribution >= 4 is 45.6 Å². The summed E-state index contributed by atoms with van der Waals surface area (Å²) in [5.41, 5.74) is 3.45. The Labute approximate surface area is 182 Å². The zero-order valence-corrected chi connectivity index (χ0v) is 18.3.